The molecule has 3 atom stereocenters. The van der Waals surface area contributed by atoms with Gasteiger partial charge in [-0.2, -0.15) is 0 Å². The van der Waals surface area contributed by atoms with Gasteiger partial charge in [-0.25, -0.2) is 0 Å². The predicted octanol–water partition coefficient (Wildman–Crippen LogP) is 4.86. The van der Waals surface area contributed by atoms with Gasteiger partial charge >= 0.3 is 0 Å². The van der Waals surface area contributed by atoms with Gasteiger partial charge in [-0.05, 0) is 42.9 Å². The first kappa shape index (κ1) is 12.4. The van der Waals surface area contributed by atoms with Crippen LogP contribution in [0.4, 0.5) is 0 Å². The van der Waals surface area contributed by atoms with Crippen LogP contribution in [0.15, 0.2) is 16.6 Å². The first-order chi connectivity index (χ1) is 7.54. The quantitative estimate of drug-likeness (QED) is 0.709. The van der Waals surface area contributed by atoms with Crippen LogP contribution < -0.4 is 4.74 Å². The van der Waals surface area contributed by atoms with E-state index in [4.69, 9.17) is 4.74 Å². The summed E-state index contributed by atoms with van der Waals surface area (Å²) >= 11 is 7.39. The fourth-order valence-electron chi connectivity index (χ4n) is 2.05. The molecule has 0 bridgehead atoms. The molecular weight excluding hydrogens is 332 g/mol. The highest BCUT2D eigenvalue weighted by molar-refractivity contribution is 9.10. The summed E-state index contributed by atoms with van der Waals surface area (Å²) in [4.78, 5) is 0.411. The zero-order valence-corrected chi connectivity index (χ0v) is 12.9. The van der Waals surface area contributed by atoms with E-state index < -0.39 is 0 Å². The fourth-order valence-corrected chi connectivity index (χ4v) is 3.51. The Morgan fingerprint density at radius 2 is 2.06 bits per heavy atom. The second-order valence-electron chi connectivity index (χ2n) is 4.62. The van der Waals surface area contributed by atoms with Crippen LogP contribution in [-0.4, -0.2) is 7.11 Å². The van der Waals surface area contributed by atoms with Gasteiger partial charge in [0.2, 0.25) is 0 Å². The summed E-state index contributed by atoms with van der Waals surface area (Å²) in [7, 11) is 1.74. The standard InChI is InChI=1S/C13H16Br2O/c1-7-4-9(7)13(15)10-6-11(14)8(2)5-12(10)16-3/h5-7,9,13H,4H2,1-3H3. The van der Waals surface area contributed by atoms with Crippen molar-refractivity contribution < 1.29 is 4.74 Å². The Labute approximate surface area is 114 Å². The van der Waals surface area contributed by atoms with Crippen molar-refractivity contribution in [1.82, 2.24) is 0 Å². The number of alkyl halides is 1. The molecule has 1 aliphatic carbocycles. The van der Waals surface area contributed by atoms with Gasteiger partial charge in [0, 0.05) is 14.9 Å². The minimum Gasteiger partial charge on any atom is -0.496 e. The molecule has 3 heteroatoms. The lowest BCUT2D eigenvalue weighted by Crippen LogP contribution is -1.99. The summed E-state index contributed by atoms with van der Waals surface area (Å²) in [6.07, 6.45) is 1.31. The third-order valence-corrected chi connectivity index (χ3v) is 5.38. The van der Waals surface area contributed by atoms with E-state index in [1.54, 1.807) is 7.11 Å². The molecular formula is C13H16Br2O. The van der Waals surface area contributed by atoms with Crippen molar-refractivity contribution in [3.05, 3.63) is 27.7 Å². The largest absolute Gasteiger partial charge is 0.496 e. The molecule has 1 nitrogen and oxygen atoms in total. The second kappa shape index (κ2) is 4.69. The van der Waals surface area contributed by atoms with Gasteiger partial charge in [-0.15, -0.1) is 0 Å². The van der Waals surface area contributed by atoms with Gasteiger partial charge in [0.25, 0.3) is 0 Å². The van der Waals surface area contributed by atoms with Crippen molar-refractivity contribution in [1.29, 1.82) is 0 Å². The first-order valence-electron chi connectivity index (χ1n) is 5.52. The van der Waals surface area contributed by atoms with Crippen molar-refractivity contribution in [2.45, 2.75) is 25.1 Å². The highest BCUT2D eigenvalue weighted by atomic mass is 79.9. The molecule has 0 radical (unpaired) electrons. The summed E-state index contributed by atoms with van der Waals surface area (Å²) in [6, 6.07) is 4.28. The maximum Gasteiger partial charge on any atom is 0.123 e. The van der Waals surface area contributed by atoms with E-state index in [0.717, 1.165) is 22.1 Å². The average molecular weight is 348 g/mol. The van der Waals surface area contributed by atoms with Crippen molar-refractivity contribution in [3.8, 4) is 5.75 Å². The lowest BCUT2D eigenvalue weighted by molar-refractivity contribution is 0.407. The van der Waals surface area contributed by atoms with Gasteiger partial charge in [0.15, 0.2) is 0 Å². The Hall–Kier alpha value is -0.0200. The zero-order valence-electron chi connectivity index (χ0n) is 9.76. The van der Waals surface area contributed by atoms with E-state index >= 15 is 0 Å². The van der Waals surface area contributed by atoms with E-state index in [-0.39, 0.29) is 0 Å². The molecule has 0 amide bonds. The molecule has 0 heterocycles. The van der Waals surface area contributed by atoms with Crippen molar-refractivity contribution in [2.75, 3.05) is 7.11 Å². The van der Waals surface area contributed by atoms with Crippen LogP contribution in [0.5, 0.6) is 5.75 Å². The molecule has 1 aromatic rings. The van der Waals surface area contributed by atoms with Crippen LogP contribution in [0.2, 0.25) is 0 Å². The molecule has 1 saturated carbocycles. The normalized spacial score (nSPS) is 25.3. The second-order valence-corrected chi connectivity index (χ2v) is 6.46. The van der Waals surface area contributed by atoms with Gasteiger partial charge in [-0.3, -0.25) is 0 Å². The van der Waals surface area contributed by atoms with E-state index in [0.29, 0.717) is 4.83 Å². The Morgan fingerprint density at radius 3 is 2.56 bits per heavy atom. The van der Waals surface area contributed by atoms with Gasteiger partial charge in [-0.1, -0.05) is 38.8 Å². The van der Waals surface area contributed by atoms with E-state index in [1.165, 1.54) is 17.5 Å². The Bertz CT molecular complexity index is 403. The van der Waals surface area contributed by atoms with E-state index in [9.17, 15) is 0 Å². The molecule has 1 fully saturated rings. The Balaban J connectivity index is 2.35. The van der Waals surface area contributed by atoms with Crippen molar-refractivity contribution >= 4 is 31.9 Å². The number of aryl methyl sites for hydroxylation is 1. The van der Waals surface area contributed by atoms with Crippen LogP contribution >= 0.6 is 31.9 Å². The number of hydrogen-bond acceptors (Lipinski definition) is 1. The predicted molar refractivity (Wildman–Crippen MR) is 74.4 cm³/mol. The maximum atomic E-state index is 5.46. The molecule has 0 spiro atoms. The highest BCUT2D eigenvalue weighted by Crippen LogP contribution is 2.53. The Kier molecular flexibility index (Phi) is 3.65. The molecule has 0 N–H and O–H groups in total. The van der Waals surface area contributed by atoms with Gasteiger partial charge < -0.3 is 4.74 Å². The monoisotopic (exact) mass is 346 g/mol. The molecule has 0 aromatic heterocycles. The van der Waals surface area contributed by atoms with Crippen LogP contribution in [0.3, 0.4) is 0 Å². The van der Waals surface area contributed by atoms with Crippen LogP contribution in [-0.2, 0) is 0 Å². The third-order valence-electron chi connectivity index (χ3n) is 3.36. The fraction of sp³-hybridized carbons (Fsp3) is 0.538. The number of hydrogen-bond donors (Lipinski definition) is 0. The minimum atomic E-state index is 0.411. The zero-order chi connectivity index (χ0) is 11.9. The molecule has 2 rings (SSSR count). The van der Waals surface area contributed by atoms with Gasteiger partial charge in [0.1, 0.15) is 5.75 Å². The molecule has 1 aromatic carbocycles. The topological polar surface area (TPSA) is 9.23 Å². The molecule has 3 unspecified atom stereocenters. The molecule has 0 saturated heterocycles. The third kappa shape index (κ3) is 2.30. The number of ether oxygens (including phenoxy) is 1. The minimum absolute atomic E-state index is 0.411. The summed E-state index contributed by atoms with van der Waals surface area (Å²) in [5.41, 5.74) is 2.47. The molecule has 16 heavy (non-hydrogen) atoms. The van der Waals surface area contributed by atoms with Crippen molar-refractivity contribution in [2.24, 2.45) is 11.8 Å². The van der Waals surface area contributed by atoms with Crippen LogP contribution in [0, 0.1) is 18.8 Å². The molecule has 88 valence electrons. The summed E-state index contributed by atoms with van der Waals surface area (Å²) < 4.78 is 6.62. The van der Waals surface area contributed by atoms with E-state index in [2.05, 4.69) is 57.8 Å². The Morgan fingerprint density at radius 1 is 1.44 bits per heavy atom. The summed E-state index contributed by atoms with van der Waals surface area (Å²) in [6.45, 7) is 4.38. The number of benzene rings is 1. The first-order valence-corrected chi connectivity index (χ1v) is 7.23. The number of rotatable bonds is 3. The van der Waals surface area contributed by atoms with Crippen LogP contribution in [0.1, 0.15) is 29.3 Å². The average Bonchev–Trinajstić information content (AvgIpc) is 2.98. The highest BCUT2D eigenvalue weighted by Gasteiger charge is 2.40. The lowest BCUT2D eigenvalue weighted by Gasteiger charge is -2.16. The van der Waals surface area contributed by atoms with Crippen molar-refractivity contribution in [3.63, 3.8) is 0 Å². The smallest absolute Gasteiger partial charge is 0.123 e. The summed E-state index contributed by atoms with van der Waals surface area (Å²) in [5.74, 6) is 2.57. The molecule has 1 aliphatic rings. The molecule has 0 aliphatic heterocycles. The number of methoxy groups -OCH3 is 1. The van der Waals surface area contributed by atoms with Gasteiger partial charge in [0.05, 0.1) is 7.11 Å². The lowest BCUT2D eigenvalue weighted by atomic mass is 10.0. The summed E-state index contributed by atoms with van der Waals surface area (Å²) in [5, 5.41) is 0. The van der Waals surface area contributed by atoms with Crippen LogP contribution in [0.25, 0.3) is 0 Å². The SMILES string of the molecule is COc1cc(C)c(Br)cc1C(Br)C1CC1C. The number of halogens is 2. The maximum absolute atomic E-state index is 5.46. The van der Waals surface area contributed by atoms with E-state index in [1.807, 2.05) is 0 Å².